The molecule has 0 atom stereocenters. The fraction of sp³-hybridized carbons (Fsp3) is 0.0500. The maximum Gasteiger partial charge on any atom is 0.236 e. The number of hydrogen-bond donors (Lipinski definition) is 1. The SMILES string of the molecule is O=C(Nc1cccc(Cl)c1Cl)C(c1ccccc1)c1ccccc1. The lowest BCUT2D eigenvalue weighted by molar-refractivity contribution is -0.116. The van der Waals surface area contributed by atoms with E-state index in [9.17, 15) is 4.79 Å². The summed E-state index contributed by atoms with van der Waals surface area (Å²) in [6.45, 7) is 0. The Morgan fingerprint density at radius 3 is 1.83 bits per heavy atom. The van der Waals surface area contributed by atoms with Crippen molar-refractivity contribution >= 4 is 34.8 Å². The van der Waals surface area contributed by atoms with Crippen molar-refractivity contribution in [2.24, 2.45) is 0 Å². The van der Waals surface area contributed by atoms with E-state index in [0.29, 0.717) is 15.7 Å². The molecule has 0 aliphatic heterocycles. The van der Waals surface area contributed by atoms with Crippen molar-refractivity contribution in [2.75, 3.05) is 5.32 Å². The third-order valence-corrected chi connectivity index (χ3v) is 4.56. The number of anilines is 1. The van der Waals surface area contributed by atoms with E-state index in [1.54, 1.807) is 18.2 Å². The van der Waals surface area contributed by atoms with E-state index in [0.717, 1.165) is 11.1 Å². The zero-order chi connectivity index (χ0) is 16.9. The number of hydrogen-bond acceptors (Lipinski definition) is 1. The zero-order valence-corrected chi connectivity index (χ0v) is 14.3. The molecular formula is C20H15Cl2NO. The smallest absolute Gasteiger partial charge is 0.236 e. The summed E-state index contributed by atoms with van der Waals surface area (Å²) >= 11 is 12.2. The number of nitrogens with one attached hydrogen (secondary N) is 1. The number of carbonyl (C=O) groups is 1. The van der Waals surface area contributed by atoms with Crippen LogP contribution in [-0.4, -0.2) is 5.91 Å². The lowest BCUT2D eigenvalue weighted by atomic mass is 9.90. The number of amides is 1. The van der Waals surface area contributed by atoms with Crippen molar-refractivity contribution in [1.29, 1.82) is 0 Å². The van der Waals surface area contributed by atoms with Crippen LogP contribution in [0.1, 0.15) is 17.0 Å². The third kappa shape index (κ3) is 3.61. The fourth-order valence-electron chi connectivity index (χ4n) is 2.59. The van der Waals surface area contributed by atoms with Gasteiger partial charge in [-0.15, -0.1) is 0 Å². The molecular weight excluding hydrogens is 341 g/mol. The lowest BCUT2D eigenvalue weighted by Crippen LogP contribution is -2.22. The van der Waals surface area contributed by atoms with Crippen LogP contribution < -0.4 is 5.32 Å². The predicted octanol–water partition coefficient (Wildman–Crippen LogP) is 5.76. The maximum atomic E-state index is 13.0. The van der Waals surface area contributed by atoms with Gasteiger partial charge in [0.2, 0.25) is 5.91 Å². The summed E-state index contributed by atoms with van der Waals surface area (Å²) in [5, 5.41) is 3.64. The van der Waals surface area contributed by atoms with Crippen LogP contribution in [0.2, 0.25) is 10.0 Å². The molecule has 0 aromatic heterocycles. The van der Waals surface area contributed by atoms with Gasteiger partial charge in [0, 0.05) is 0 Å². The molecule has 120 valence electrons. The predicted molar refractivity (Wildman–Crippen MR) is 99.8 cm³/mol. The molecule has 0 radical (unpaired) electrons. The van der Waals surface area contributed by atoms with Crippen LogP contribution in [0.4, 0.5) is 5.69 Å². The molecule has 3 rings (SSSR count). The Kier molecular flexibility index (Phi) is 5.19. The molecule has 0 aliphatic carbocycles. The first kappa shape index (κ1) is 16.6. The number of benzene rings is 3. The molecule has 0 saturated heterocycles. The molecule has 0 saturated carbocycles. The summed E-state index contributed by atoms with van der Waals surface area (Å²) < 4.78 is 0. The Morgan fingerprint density at radius 1 is 0.750 bits per heavy atom. The van der Waals surface area contributed by atoms with Gasteiger partial charge in [0.25, 0.3) is 0 Å². The van der Waals surface area contributed by atoms with E-state index in [1.165, 1.54) is 0 Å². The Bertz CT molecular complexity index is 795. The van der Waals surface area contributed by atoms with Gasteiger partial charge in [-0.2, -0.15) is 0 Å². The highest BCUT2D eigenvalue weighted by Gasteiger charge is 2.23. The van der Waals surface area contributed by atoms with Gasteiger partial charge in [0.1, 0.15) is 0 Å². The van der Waals surface area contributed by atoms with Crippen LogP contribution in [0.25, 0.3) is 0 Å². The topological polar surface area (TPSA) is 29.1 Å². The molecule has 0 spiro atoms. The number of halogens is 2. The minimum atomic E-state index is -0.428. The normalized spacial score (nSPS) is 10.6. The van der Waals surface area contributed by atoms with Crippen LogP contribution >= 0.6 is 23.2 Å². The van der Waals surface area contributed by atoms with Crippen molar-refractivity contribution in [3.8, 4) is 0 Å². The molecule has 3 aromatic rings. The highest BCUT2D eigenvalue weighted by atomic mass is 35.5. The second-order valence-corrected chi connectivity index (χ2v) is 6.13. The Balaban J connectivity index is 1.97. The summed E-state index contributed by atoms with van der Waals surface area (Å²) in [7, 11) is 0. The van der Waals surface area contributed by atoms with Gasteiger partial charge in [0.15, 0.2) is 0 Å². The van der Waals surface area contributed by atoms with Gasteiger partial charge in [-0.3, -0.25) is 4.79 Å². The standard InChI is InChI=1S/C20H15Cl2NO/c21-16-12-7-13-17(19(16)22)23-20(24)18(14-8-3-1-4-9-14)15-10-5-2-6-11-15/h1-13,18H,(H,23,24). The van der Waals surface area contributed by atoms with E-state index in [1.807, 2.05) is 60.7 Å². The molecule has 1 amide bonds. The van der Waals surface area contributed by atoms with Gasteiger partial charge in [-0.1, -0.05) is 89.9 Å². The first-order valence-corrected chi connectivity index (χ1v) is 8.27. The van der Waals surface area contributed by atoms with Crippen LogP contribution in [0.3, 0.4) is 0 Å². The second kappa shape index (κ2) is 7.52. The maximum absolute atomic E-state index is 13.0. The quantitative estimate of drug-likeness (QED) is 0.632. The van der Waals surface area contributed by atoms with Crippen molar-refractivity contribution < 1.29 is 4.79 Å². The minimum absolute atomic E-state index is 0.156. The molecule has 24 heavy (non-hydrogen) atoms. The van der Waals surface area contributed by atoms with E-state index in [4.69, 9.17) is 23.2 Å². The van der Waals surface area contributed by atoms with Crippen molar-refractivity contribution in [3.63, 3.8) is 0 Å². The van der Waals surface area contributed by atoms with Gasteiger partial charge < -0.3 is 5.32 Å². The Morgan fingerprint density at radius 2 is 1.29 bits per heavy atom. The van der Waals surface area contributed by atoms with E-state index >= 15 is 0 Å². The van der Waals surface area contributed by atoms with Gasteiger partial charge in [0.05, 0.1) is 21.7 Å². The fourth-order valence-corrected chi connectivity index (χ4v) is 2.94. The highest BCUT2D eigenvalue weighted by molar-refractivity contribution is 6.44. The molecule has 0 bridgehead atoms. The largest absolute Gasteiger partial charge is 0.324 e. The second-order valence-electron chi connectivity index (χ2n) is 5.35. The number of carbonyl (C=O) groups excluding carboxylic acids is 1. The summed E-state index contributed by atoms with van der Waals surface area (Å²) in [6.07, 6.45) is 0. The average molecular weight is 356 g/mol. The van der Waals surface area contributed by atoms with E-state index < -0.39 is 5.92 Å². The molecule has 0 aliphatic rings. The molecule has 3 aromatic carbocycles. The molecule has 0 heterocycles. The lowest BCUT2D eigenvalue weighted by Gasteiger charge is -2.18. The van der Waals surface area contributed by atoms with Crippen LogP contribution in [0.5, 0.6) is 0 Å². The summed E-state index contributed by atoms with van der Waals surface area (Å²) in [5.41, 5.74) is 2.34. The molecule has 2 nitrogen and oxygen atoms in total. The number of rotatable bonds is 4. The summed E-state index contributed by atoms with van der Waals surface area (Å²) in [6, 6.07) is 24.5. The van der Waals surface area contributed by atoms with Crippen LogP contribution in [0, 0.1) is 0 Å². The molecule has 4 heteroatoms. The summed E-state index contributed by atoms with van der Waals surface area (Å²) in [5.74, 6) is -0.584. The highest BCUT2D eigenvalue weighted by Crippen LogP contribution is 2.32. The summed E-state index contributed by atoms with van der Waals surface area (Å²) in [4.78, 5) is 13.0. The van der Waals surface area contributed by atoms with E-state index in [2.05, 4.69) is 5.32 Å². The third-order valence-electron chi connectivity index (χ3n) is 3.74. The molecule has 1 N–H and O–H groups in total. The van der Waals surface area contributed by atoms with Crippen molar-refractivity contribution in [2.45, 2.75) is 5.92 Å². The molecule has 0 unspecified atom stereocenters. The van der Waals surface area contributed by atoms with E-state index in [-0.39, 0.29) is 5.91 Å². The van der Waals surface area contributed by atoms with Crippen molar-refractivity contribution in [3.05, 3.63) is 100 Å². The van der Waals surface area contributed by atoms with Crippen molar-refractivity contribution in [1.82, 2.24) is 0 Å². The van der Waals surface area contributed by atoms with Crippen LogP contribution in [-0.2, 0) is 4.79 Å². The monoisotopic (exact) mass is 355 g/mol. The van der Waals surface area contributed by atoms with Gasteiger partial charge in [-0.25, -0.2) is 0 Å². The van der Waals surface area contributed by atoms with Gasteiger partial charge >= 0.3 is 0 Å². The zero-order valence-electron chi connectivity index (χ0n) is 12.7. The Hall–Kier alpha value is -2.29. The van der Waals surface area contributed by atoms with Gasteiger partial charge in [-0.05, 0) is 23.3 Å². The average Bonchev–Trinajstić information content (AvgIpc) is 2.61. The first-order chi connectivity index (χ1) is 11.7. The first-order valence-electron chi connectivity index (χ1n) is 7.51. The Labute approximate surface area is 151 Å². The minimum Gasteiger partial charge on any atom is -0.324 e. The molecule has 0 fully saturated rings. The van der Waals surface area contributed by atoms with Crippen LogP contribution in [0.15, 0.2) is 78.9 Å².